The van der Waals surface area contributed by atoms with Gasteiger partial charge in [-0.15, -0.1) is 0 Å². The molecule has 0 aromatic heterocycles. The standard InChI is InChI=1S/C23H45O2/c1-3-5-7-8-9-10-11-12-13-14-15-16-17-22-19-23(25-20-22)21-24-18-6-4-2/h22-23H,2-21H2,1H3/t22-,23+/m1/s1. The highest BCUT2D eigenvalue weighted by molar-refractivity contribution is 4.73. The zero-order chi connectivity index (χ0) is 18.0. The third-order valence-corrected chi connectivity index (χ3v) is 5.47. The first-order valence-corrected chi connectivity index (χ1v) is 11.4. The van der Waals surface area contributed by atoms with Crippen molar-refractivity contribution in [1.82, 2.24) is 0 Å². The Morgan fingerprint density at radius 3 is 2.04 bits per heavy atom. The minimum Gasteiger partial charge on any atom is -0.379 e. The van der Waals surface area contributed by atoms with E-state index < -0.39 is 0 Å². The van der Waals surface area contributed by atoms with Crippen molar-refractivity contribution in [1.29, 1.82) is 0 Å². The van der Waals surface area contributed by atoms with E-state index in [0.717, 1.165) is 38.6 Å². The van der Waals surface area contributed by atoms with E-state index in [-0.39, 0.29) is 0 Å². The third kappa shape index (κ3) is 13.7. The van der Waals surface area contributed by atoms with E-state index in [1.807, 2.05) is 0 Å². The molecule has 1 aliphatic heterocycles. The Kier molecular flexibility index (Phi) is 15.9. The second kappa shape index (κ2) is 17.3. The Hall–Kier alpha value is -0.0800. The van der Waals surface area contributed by atoms with E-state index in [1.165, 1.54) is 89.9 Å². The number of hydrogen-bond donors (Lipinski definition) is 0. The predicted molar refractivity (Wildman–Crippen MR) is 109 cm³/mol. The van der Waals surface area contributed by atoms with Crippen LogP contribution in [0, 0.1) is 12.8 Å². The van der Waals surface area contributed by atoms with E-state index in [4.69, 9.17) is 9.47 Å². The van der Waals surface area contributed by atoms with Crippen LogP contribution in [-0.4, -0.2) is 25.9 Å². The zero-order valence-corrected chi connectivity index (χ0v) is 17.1. The van der Waals surface area contributed by atoms with Gasteiger partial charge < -0.3 is 9.47 Å². The van der Waals surface area contributed by atoms with Crippen LogP contribution in [0.25, 0.3) is 0 Å². The summed E-state index contributed by atoms with van der Waals surface area (Å²) in [6.07, 6.45) is 22.1. The van der Waals surface area contributed by atoms with Crippen LogP contribution in [0.1, 0.15) is 110 Å². The van der Waals surface area contributed by atoms with Gasteiger partial charge in [-0.05, 0) is 25.2 Å². The lowest BCUT2D eigenvalue weighted by Crippen LogP contribution is -2.14. The molecule has 2 heteroatoms. The zero-order valence-electron chi connectivity index (χ0n) is 17.1. The van der Waals surface area contributed by atoms with E-state index in [0.29, 0.717) is 6.10 Å². The van der Waals surface area contributed by atoms with Crippen LogP contribution in [0.15, 0.2) is 0 Å². The molecule has 149 valence electrons. The van der Waals surface area contributed by atoms with Gasteiger partial charge >= 0.3 is 0 Å². The van der Waals surface area contributed by atoms with Gasteiger partial charge in [-0.25, -0.2) is 0 Å². The molecule has 1 heterocycles. The summed E-state index contributed by atoms with van der Waals surface area (Å²) in [6.45, 7) is 8.72. The van der Waals surface area contributed by atoms with Gasteiger partial charge in [0.05, 0.1) is 12.7 Å². The Labute approximate surface area is 158 Å². The lowest BCUT2D eigenvalue weighted by Gasteiger charge is -2.10. The van der Waals surface area contributed by atoms with Crippen LogP contribution >= 0.6 is 0 Å². The minimum absolute atomic E-state index is 0.354. The first kappa shape index (κ1) is 23.0. The molecule has 1 fully saturated rings. The summed E-state index contributed by atoms with van der Waals surface area (Å²) < 4.78 is 11.5. The summed E-state index contributed by atoms with van der Waals surface area (Å²) in [4.78, 5) is 0. The molecule has 0 aromatic rings. The van der Waals surface area contributed by atoms with Gasteiger partial charge in [0, 0.05) is 13.2 Å². The molecule has 0 unspecified atom stereocenters. The molecule has 0 aliphatic carbocycles. The van der Waals surface area contributed by atoms with Gasteiger partial charge in [0.25, 0.3) is 0 Å². The first-order chi connectivity index (χ1) is 12.4. The molecule has 0 spiro atoms. The largest absolute Gasteiger partial charge is 0.379 e. The van der Waals surface area contributed by atoms with E-state index in [2.05, 4.69) is 13.8 Å². The fourth-order valence-electron chi connectivity index (χ4n) is 3.79. The Balaban J connectivity index is 1.78. The van der Waals surface area contributed by atoms with Crippen LogP contribution in [0.3, 0.4) is 0 Å². The smallest absolute Gasteiger partial charge is 0.0812 e. The molecule has 1 rings (SSSR count). The molecule has 0 aromatic carbocycles. The average molecular weight is 354 g/mol. The van der Waals surface area contributed by atoms with Crippen molar-refractivity contribution in [3.05, 3.63) is 6.92 Å². The summed E-state index contributed by atoms with van der Waals surface area (Å²) in [6, 6.07) is 0. The molecular formula is C23H45O2. The van der Waals surface area contributed by atoms with Crippen molar-refractivity contribution in [3.8, 4) is 0 Å². The van der Waals surface area contributed by atoms with Crippen molar-refractivity contribution < 1.29 is 9.47 Å². The average Bonchev–Trinajstić information content (AvgIpc) is 3.07. The van der Waals surface area contributed by atoms with Crippen molar-refractivity contribution in [2.75, 3.05) is 19.8 Å². The normalized spacial score (nSPS) is 20.4. The number of hydrogen-bond acceptors (Lipinski definition) is 2. The molecule has 2 nitrogen and oxygen atoms in total. The molecule has 0 saturated carbocycles. The highest BCUT2D eigenvalue weighted by atomic mass is 16.5. The fourth-order valence-corrected chi connectivity index (χ4v) is 3.79. The van der Waals surface area contributed by atoms with Crippen LogP contribution in [0.4, 0.5) is 0 Å². The maximum absolute atomic E-state index is 5.86. The first-order valence-electron chi connectivity index (χ1n) is 11.4. The summed E-state index contributed by atoms with van der Waals surface area (Å²) in [5, 5.41) is 0. The number of ether oxygens (including phenoxy) is 2. The summed E-state index contributed by atoms with van der Waals surface area (Å²) in [5.74, 6) is 0.782. The number of rotatable bonds is 18. The summed E-state index contributed by atoms with van der Waals surface area (Å²) >= 11 is 0. The maximum atomic E-state index is 5.86. The highest BCUT2D eigenvalue weighted by Crippen LogP contribution is 2.25. The quantitative estimate of drug-likeness (QED) is 0.244. The van der Waals surface area contributed by atoms with Crippen LogP contribution in [0.5, 0.6) is 0 Å². The van der Waals surface area contributed by atoms with Gasteiger partial charge in [-0.3, -0.25) is 0 Å². The van der Waals surface area contributed by atoms with Gasteiger partial charge in [0.15, 0.2) is 0 Å². The van der Waals surface area contributed by atoms with Crippen molar-refractivity contribution in [2.45, 2.75) is 116 Å². The molecule has 1 aliphatic rings. The minimum atomic E-state index is 0.354. The van der Waals surface area contributed by atoms with E-state index in [9.17, 15) is 0 Å². The van der Waals surface area contributed by atoms with Crippen molar-refractivity contribution in [2.24, 2.45) is 5.92 Å². The summed E-state index contributed by atoms with van der Waals surface area (Å²) in [5.41, 5.74) is 0. The molecule has 1 saturated heterocycles. The second-order valence-electron chi connectivity index (χ2n) is 8.02. The number of unbranched alkanes of at least 4 members (excludes halogenated alkanes) is 12. The molecule has 2 atom stereocenters. The van der Waals surface area contributed by atoms with Gasteiger partial charge in [0.2, 0.25) is 0 Å². The van der Waals surface area contributed by atoms with Crippen molar-refractivity contribution in [3.63, 3.8) is 0 Å². The molecule has 1 radical (unpaired) electrons. The van der Waals surface area contributed by atoms with Gasteiger partial charge in [-0.1, -0.05) is 97.3 Å². The molecule has 25 heavy (non-hydrogen) atoms. The van der Waals surface area contributed by atoms with E-state index in [1.54, 1.807) is 0 Å². The Bertz CT molecular complexity index is 267. The lowest BCUT2D eigenvalue weighted by molar-refractivity contribution is 0.0159. The maximum Gasteiger partial charge on any atom is 0.0812 e. The van der Waals surface area contributed by atoms with Crippen molar-refractivity contribution >= 4 is 0 Å². The fraction of sp³-hybridized carbons (Fsp3) is 0.957. The second-order valence-corrected chi connectivity index (χ2v) is 8.02. The molecule has 0 bridgehead atoms. The Morgan fingerprint density at radius 1 is 0.840 bits per heavy atom. The SMILES string of the molecule is [CH2]CCCOC[C@@H]1C[C@@H](CCCCCCCCCCCCCC)CO1. The van der Waals surface area contributed by atoms with Crippen LogP contribution in [-0.2, 0) is 9.47 Å². The monoisotopic (exact) mass is 353 g/mol. The Morgan fingerprint density at radius 2 is 1.44 bits per heavy atom. The van der Waals surface area contributed by atoms with E-state index >= 15 is 0 Å². The summed E-state index contributed by atoms with van der Waals surface area (Å²) in [7, 11) is 0. The molecular weight excluding hydrogens is 308 g/mol. The molecule has 0 N–H and O–H groups in total. The molecule has 0 amide bonds. The predicted octanol–water partition coefficient (Wildman–Crippen LogP) is 7.11. The van der Waals surface area contributed by atoms with Gasteiger partial charge in [0.1, 0.15) is 0 Å². The lowest BCUT2D eigenvalue weighted by atomic mass is 9.97. The topological polar surface area (TPSA) is 18.5 Å². The van der Waals surface area contributed by atoms with Crippen LogP contribution in [0.2, 0.25) is 0 Å². The highest BCUT2D eigenvalue weighted by Gasteiger charge is 2.24. The van der Waals surface area contributed by atoms with Gasteiger partial charge in [-0.2, -0.15) is 0 Å². The van der Waals surface area contributed by atoms with Crippen LogP contribution < -0.4 is 0 Å². The third-order valence-electron chi connectivity index (χ3n) is 5.47.